The number of aliphatic hydroxyl groups excluding tert-OH is 1. The van der Waals surface area contributed by atoms with E-state index >= 15 is 0 Å². The highest BCUT2D eigenvalue weighted by Crippen LogP contribution is 2.41. The second-order valence-corrected chi connectivity index (χ2v) is 8.84. The van der Waals surface area contributed by atoms with Gasteiger partial charge in [0.05, 0.1) is 28.9 Å². The molecule has 0 bridgehead atoms. The van der Waals surface area contributed by atoms with Crippen LogP contribution in [0, 0.1) is 5.92 Å². The van der Waals surface area contributed by atoms with E-state index in [1.54, 1.807) is 0 Å². The summed E-state index contributed by atoms with van der Waals surface area (Å²) >= 11 is 12.5. The van der Waals surface area contributed by atoms with Gasteiger partial charge in [-0.3, -0.25) is 9.80 Å². The number of benzene rings is 2. The molecule has 0 saturated heterocycles. The maximum atomic E-state index is 13.1. The lowest BCUT2D eigenvalue weighted by Gasteiger charge is -2.29. The van der Waals surface area contributed by atoms with E-state index in [0.717, 1.165) is 30.5 Å². The molecule has 4 atom stereocenters. The molecule has 1 aliphatic carbocycles. The summed E-state index contributed by atoms with van der Waals surface area (Å²) < 4.78 is 0. The summed E-state index contributed by atoms with van der Waals surface area (Å²) in [6, 6.07) is 14.6. The highest BCUT2D eigenvalue weighted by molar-refractivity contribution is 6.41. The highest BCUT2D eigenvalue weighted by Gasteiger charge is 2.40. The van der Waals surface area contributed by atoms with Crippen LogP contribution in [-0.2, 0) is 4.79 Å². The molecule has 1 heterocycles. The molecule has 2 aromatic rings. The van der Waals surface area contributed by atoms with Gasteiger partial charge in [0.1, 0.15) is 5.71 Å². The number of nitrogens with zero attached hydrogens (tertiary/aromatic N) is 2. The van der Waals surface area contributed by atoms with Gasteiger partial charge in [0.15, 0.2) is 0 Å². The van der Waals surface area contributed by atoms with Crippen molar-refractivity contribution in [2.24, 2.45) is 11.0 Å². The molecule has 1 saturated carbocycles. The van der Waals surface area contributed by atoms with Crippen molar-refractivity contribution in [2.75, 3.05) is 5.01 Å². The van der Waals surface area contributed by atoms with E-state index < -0.39 is 6.10 Å². The zero-order valence-electron chi connectivity index (χ0n) is 16.8. The van der Waals surface area contributed by atoms with Crippen molar-refractivity contribution in [3.8, 4) is 0 Å². The number of hydrogen-bond donors (Lipinski definition) is 2. The number of halogens is 2. The second kappa shape index (κ2) is 8.96. The summed E-state index contributed by atoms with van der Waals surface area (Å²) in [7, 11) is 0. The van der Waals surface area contributed by atoms with Crippen molar-refractivity contribution >= 4 is 40.5 Å². The predicted octanol–water partition coefficient (Wildman–Crippen LogP) is 4.97. The molecule has 1 fully saturated rings. The van der Waals surface area contributed by atoms with Gasteiger partial charge in [-0.15, -0.1) is 0 Å². The first-order chi connectivity index (χ1) is 14.5. The van der Waals surface area contributed by atoms with Crippen molar-refractivity contribution in [3.05, 3.63) is 64.1 Å². The smallest absolute Gasteiger partial charge is 0.268 e. The van der Waals surface area contributed by atoms with Crippen LogP contribution in [0.4, 0.5) is 5.69 Å². The van der Waals surface area contributed by atoms with E-state index in [9.17, 15) is 9.90 Å². The fourth-order valence-electron chi connectivity index (χ4n) is 4.34. The van der Waals surface area contributed by atoms with Crippen molar-refractivity contribution in [2.45, 2.75) is 50.8 Å². The van der Waals surface area contributed by atoms with Crippen LogP contribution in [0.1, 0.15) is 44.2 Å². The third kappa shape index (κ3) is 4.20. The van der Waals surface area contributed by atoms with Gasteiger partial charge in [0.2, 0.25) is 0 Å². The molecule has 5 nitrogen and oxygen atoms in total. The number of nitrogens with one attached hydrogen (secondary N) is 1. The van der Waals surface area contributed by atoms with Crippen LogP contribution in [-0.4, -0.2) is 28.9 Å². The molecule has 2 N–H and O–H groups in total. The maximum absolute atomic E-state index is 13.1. The number of carbonyl (C=O) groups is 1. The Balaban J connectivity index is 1.67. The lowest BCUT2D eigenvalue weighted by atomic mass is 9.89. The molecule has 30 heavy (non-hydrogen) atoms. The van der Waals surface area contributed by atoms with Gasteiger partial charge in [0, 0.05) is 10.9 Å². The number of amides is 1. The number of hydrogen-bond acceptors (Lipinski definition) is 4. The number of aliphatic hydroxyl groups is 1. The topological polar surface area (TPSA) is 64.9 Å². The summed E-state index contributed by atoms with van der Waals surface area (Å²) in [6.07, 6.45) is 2.98. The van der Waals surface area contributed by atoms with E-state index in [4.69, 9.17) is 28.3 Å². The zero-order valence-corrected chi connectivity index (χ0v) is 18.3. The molecule has 158 valence electrons. The number of para-hydroxylation sites is 1. The average Bonchev–Trinajstić information content (AvgIpc) is 3.08. The van der Waals surface area contributed by atoms with Crippen LogP contribution in [0.5, 0.6) is 0 Å². The van der Waals surface area contributed by atoms with E-state index in [0.29, 0.717) is 22.2 Å². The van der Waals surface area contributed by atoms with E-state index in [1.165, 1.54) is 0 Å². The minimum Gasteiger partial charge on any atom is -0.391 e. The third-order valence-corrected chi connectivity index (χ3v) is 6.54. The van der Waals surface area contributed by atoms with Gasteiger partial charge in [-0.2, -0.15) is 5.10 Å². The lowest BCUT2D eigenvalue weighted by molar-refractivity contribution is -0.116. The fraction of sp³-hybridized carbons (Fsp3) is 0.391. The standard InChI is InChI=1S/C23H25Cl2N3O2/c1-14-21(23(30)26-18-7-3-5-9-20(18)29)27-28(19-8-4-2-6-17(19)25)22(14)15-10-12-16(24)13-11-15/h2,4,6,8,10-14,18,20,22,29H,3,5,7,9H2,1H3,(H,26,30)/t14-,18+,20+,22+/m1/s1. The Bertz CT molecular complexity index is 948. The molecule has 4 rings (SSSR count). The summed E-state index contributed by atoms with van der Waals surface area (Å²) in [5, 5.41) is 21.0. The SMILES string of the molecule is C[C@@H]1C(C(=O)N[C@H]2CCCC[C@@H]2O)=NN(c2ccccc2Cl)[C@@H]1c1ccc(Cl)cc1. The van der Waals surface area contributed by atoms with Crippen molar-refractivity contribution in [1.82, 2.24) is 5.32 Å². The van der Waals surface area contributed by atoms with Crippen LogP contribution in [0.2, 0.25) is 10.0 Å². The van der Waals surface area contributed by atoms with E-state index in [2.05, 4.69) is 5.32 Å². The monoisotopic (exact) mass is 445 g/mol. The molecule has 0 spiro atoms. The lowest BCUT2D eigenvalue weighted by Crippen LogP contribution is -2.48. The summed E-state index contributed by atoms with van der Waals surface area (Å²) in [4.78, 5) is 13.1. The predicted molar refractivity (Wildman–Crippen MR) is 121 cm³/mol. The van der Waals surface area contributed by atoms with E-state index in [-0.39, 0.29) is 23.9 Å². The average molecular weight is 446 g/mol. The number of anilines is 1. The van der Waals surface area contributed by atoms with Crippen LogP contribution >= 0.6 is 23.2 Å². The largest absolute Gasteiger partial charge is 0.391 e. The fourth-order valence-corrected chi connectivity index (χ4v) is 4.68. The zero-order chi connectivity index (χ0) is 21.3. The van der Waals surface area contributed by atoms with Crippen LogP contribution in [0.25, 0.3) is 0 Å². The Morgan fingerprint density at radius 3 is 2.50 bits per heavy atom. The molecule has 1 aliphatic heterocycles. The molecule has 0 unspecified atom stereocenters. The number of hydrazone groups is 1. The van der Waals surface area contributed by atoms with Crippen molar-refractivity contribution in [3.63, 3.8) is 0 Å². The normalized spacial score (nSPS) is 26.4. The van der Waals surface area contributed by atoms with Crippen LogP contribution < -0.4 is 10.3 Å². The van der Waals surface area contributed by atoms with Crippen LogP contribution in [0.15, 0.2) is 53.6 Å². The number of rotatable bonds is 4. The molecule has 2 aromatic carbocycles. The summed E-state index contributed by atoms with van der Waals surface area (Å²) in [5.74, 6) is -0.412. The minimum absolute atomic E-state index is 0.178. The Hall–Kier alpha value is -2.08. The molecular formula is C23H25Cl2N3O2. The highest BCUT2D eigenvalue weighted by atomic mass is 35.5. The number of carbonyl (C=O) groups excluding carboxylic acids is 1. The Kier molecular flexibility index (Phi) is 6.32. The molecule has 1 amide bonds. The molecular weight excluding hydrogens is 421 g/mol. The first-order valence-electron chi connectivity index (χ1n) is 10.3. The molecule has 2 aliphatic rings. The Labute approximate surface area is 186 Å². The molecule has 7 heteroatoms. The first-order valence-corrected chi connectivity index (χ1v) is 11.1. The summed E-state index contributed by atoms with van der Waals surface area (Å²) in [5.41, 5.74) is 2.18. The second-order valence-electron chi connectivity index (χ2n) is 8.00. The maximum Gasteiger partial charge on any atom is 0.268 e. The Morgan fingerprint density at radius 1 is 1.10 bits per heavy atom. The van der Waals surface area contributed by atoms with Gasteiger partial charge in [-0.25, -0.2) is 0 Å². The van der Waals surface area contributed by atoms with Crippen LogP contribution in [0.3, 0.4) is 0 Å². The molecule has 0 radical (unpaired) electrons. The first kappa shape index (κ1) is 21.2. The van der Waals surface area contributed by atoms with Gasteiger partial charge in [0.25, 0.3) is 5.91 Å². The van der Waals surface area contributed by atoms with Gasteiger partial charge in [-0.1, -0.05) is 67.2 Å². The minimum atomic E-state index is -0.508. The third-order valence-electron chi connectivity index (χ3n) is 5.97. The summed E-state index contributed by atoms with van der Waals surface area (Å²) in [6.45, 7) is 1.99. The van der Waals surface area contributed by atoms with Crippen molar-refractivity contribution < 1.29 is 9.90 Å². The van der Waals surface area contributed by atoms with E-state index in [1.807, 2.05) is 60.5 Å². The van der Waals surface area contributed by atoms with Gasteiger partial charge < -0.3 is 10.4 Å². The van der Waals surface area contributed by atoms with Crippen molar-refractivity contribution in [1.29, 1.82) is 0 Å². The molecule has 0 aromatic heterocycles. The van der Waals surface area contributed by atoms with Gasteiger partial charge >= 0.3 is 0 Å². The quantitative estimate of drug-likeness (QED) is 0.698. The Morgan fingerprint density at radius 2 is 1.80 bits per heavy atom. The van der Waals surface area contributed by atoms with Gasteiger partial charge in [-0.05, 0) is 42.7 Å².